The molecule has 0 aromatic heterocycles. The van der Waals surface area contributed by atoms with E-state index < -0.39 is 0 Å². The van der Waals surface area contributed by atoms with Crippen LogP contribution in [0.5, 0.6) is 0 Å². The van der Waals surface area contributed by atoms with E-state index in [0.717, 1.165) is 18.5 Å². The molecular formula is C11H11NOS. The molecule has 1 saturated carbocycles. The number of carbonyl (C=O) groups is 1. The maximum Gasteiger partial charge on any atom is 0.235 e. The Morgan fingerprint density at radius 1 is 1.43 bits per heavy atom. The van der Waals surface area contributed by atoms with Crippen molar-refractivity contribution in [1.29, 1.82) is 0 Å². The van der Waals surface area contributed by atoms with Crippen LogP contribution in [-0.2, 0) is 10.2 Å². The zero-order valence-electron chi connectivity index (χ0n) is 7.96. The summed E-state index contributed by atoms with van der Waals surface area (Å²) in [7, 11) is 0. The molecule has 0 saturated heterocycles. The summed E-state index contributed by atoms with van der Waals surface area (Å²) in [4.78, 5) is 12.9. The second-order valence-corrected chi connectivity index (χ2v) is 4.83. The lowest BCUT2D eigenvalue weighted by atomic mass is 9.98. The number of benzene rings is 1. The molecule has 1 aromatic carbocycles. The number of thioether (sulfide) groups is 1. The number of carbonyl (C=O) groups excluding carboxylic acids is 1. The zero-order valence-corrected chi connectivity index (χ0v) is 8.78. The fourth-order valence-corrected chi connectivity index (χ4v) is 2.58. The molecular weight excluding hydrogens is 194 g/mol. The molecule has 1 fully saturated rings. The number of fused-ring (bicyclic) bond motifs is 2. The van der Waals surface area contributed by atoms with Crippen LogP contribution >= 0.6 is 11.8 Å². The molecule has 2 aliphatic rings. The second-order valence-electron chi connectivity index (χ2n) is 3.95. The fraction of sp³-hybridized carbons (Fsp3) is 0.364. The summed E-state index contributed by atoms with van der Waals surface area (Å²) in [6.07, 6.45) is 4.10. The fourth-order valence-electron chi connectivity index (χ4n) is 2.14. The average molecular weight is 205 g/mol. The summed E-state index contributed by atoms with van der Waals surface area (Å²) in [5.74, 6) is 0.200. The van der Waals surface area contributed by atoms with Gasteiger partial charge in [-0.2, -0.15) is 0 Å². The van der Waals surface area contributed by atoms with E-state index in [1.165, 1.54) is 10.5 Å². The van der Waals surface area contributed by atoms with Crippen LogP contribution in [0.25, 0.3) is 0 Å². The van der Waals surface area contributed by atoms with Crippen LogP contribution in [0.15, 0.2) is 23.1 Å². The SMILES string of the molecule is CSc1ccc2c(c1)C1(CC1)C(=O)N2. The van der Waals surface area contributed by atoms with Crippen LogP contribution in [0, 0.1) is 0 Å². The van der Waals surface area contributed by atoms with E-state index in [4.69, 9.17) is 0 Å². The Morgan fingerprint density at radius 3 is 2.86 bits per heavy atom. The van der Waals surface area contributed by atoms with Gasteiger partial charge in [-0.05, 0) is 42.9 Å². The number of hydrogen-bond donors (Lipinski definition) is 1. The van der Waals surface area contributed by atoms with Crippen LogP contribution in [0.3, 0.4) is 0 Å². The van der Waals surface area contributed by atoms with Crippen molar-refractivity contribution in [3.05, 3.63) is 23.8 Å². The average Bonchev–Trinajstić information content (AvgIpc) is 2.94. The van der Waals surface area contributed by atoms with Gasteiger partial charge in [-0.15, -0.1) is 11.8 Å². The Bertz CT molecular complexity index is 423. The summed E-state index contributed by atoms with van der Waals surface area (Å²) in [6.45, 7) is 0. The summed E-state index contributed by atoms with van der Waals surface area (Å²) in [6, 6.07) is 6.24. The van der Waals surface area contributed by atoms with E-state index in [0.29, 0.717) is 0 Å². The first-order chi connectivity index (χ1) is 6.76. The number of rotatable bonds is 1. The van der Waals surface area contributed by atoms with Crippen LogP contribution in [0.4, 0.5) is 5.69 Å². The van der Waals surface area contributed by atoms with Gasteiger partial charge in [-0.25, -0.2) is 0 Å². The molecule has 0 unspecified atom stereocenters. The molecule has 1 aliphatic carbocycles. The molecule has 14 heavy (non-hydrogen) atoms. The summed E-state index contributed by atoms with van der Waals surface area (Å²) in [5.41, 5.74) is 2.10. The monoisotopic (exact) mass is 205 g/mol. The van der Waals surface area contributed by atoms with Crippen molar-refractivity contribution in [2.45, 2.75) is 23.2 Å². The molecule has 1 aromatic rings. The van der Waals surface area contributed by atoms with Gasteiger partial charge in [0, 0.05) is 10.6 Å². The van der Waals surface area contributed by atoms with Crippen molar-refractivity contribution >= 4 is 23.4 Å². The Balaban J connectivity index is 2.16. The van der Waals surface area contributed by atoms with Crippen LogP contribution in [0.1, 0.15) is 18.4 Å². The standard InChI is InChI=1S/C11H11NOS/c1-14-7-2-3-9-8(6-7)11(4-5-11)10(13)12-9/h2-3,6H,4-5H2,1H3,(H,12,13). The molecule has 1 N–H and O–H groups in total. The molecule has 1 amide bonds. The molecule has 3 heteroatoms. The highest BCUT2D eigenvalue weighted by molar-refractivity contribution is 7.98. The minimum absolute atomic E-state index is 0.138. The van der Waals surface area contributed by atoms with Crippen LogP contribution < -0.4 is 5.32 Å². The topological polar surface area (TPSA) is 29.1 Å². The van der Waals surface area contributed by atoms with E-state index in [1.54, 1.807) is 11.8 Å². The highest BCUT2D eigenvalue weighted by Crippen LogP contribution is 2.55. The number of hydrogen-bond acceptors (Lipinski definition) is 2. The highest BCUT2D eigenvalue weighted by atomic mass is 32.2. The number of anilines is 1. The van der Waals surface area contributed by atoms with E-state index in [1.807, 2.05) is 6.07 Å². The molecule has 0 bridgehead atoms. The molecule has 2 nitrogen and oxygen atoms in total. The molecule has 0 radical (unpaired) electrons. The third-order valence-electron chi connectivity index (χ3n) is 3.18. The van der Waals surface area contributed by atoms with Gasteiger partial charge in [-0.1, -0.05) is 0 Å². The lowest BCUT2D eigenvalue weighted by Crippen LogP contribution is -2.18. The quantitative estimate of drug-likeness (QED) is 0.713. The lowest BCUT2D eigenvalue weighted by Gasteiger charge is -2.05. The number of nitrogens with one attached hydrogen (secondary N) is 1. The predicted molar refractivity (Wildman–Crippen MR) is 57.8 cm³/mol. The highest BCUT2D eigenvalue weighted by Gasteiger charge is 2.56. The van der Waals surface area contributed by atoms with Crippen molar-refractivity contribution in [2.75, 3.05) is 11.6 Å². The van der Waals surface area contributed by atoms with Gasteiger partial charge in [0.15, 0.2) is 0 Å². The van der Waals surface area contributed by atoms with Gasteiger partial charge >= 0.3 is 0 Å². The molecule has 72 valence electrons. The zero-order chi connectivity index (χ0) is 9.76. The Kier molecular flexibility index (Phi) is 1.52. The van der Waals surface area contributed by atoms with E-state index in [9.17, 15) is 4.79 Å². The minimum Gasteiger partial charge on any atom is -0.325 e. The third-order valence-corrected chi connectivity index (χ3v) is 3.90. The summed E-state index contributed by atoms with van der Waals surface area (Å²) >= 11 is 1.73. The maximum absolute atomic E-state index is 11.7. The Morgan fingerprint density at radius 2 is 2.21 bits per heavy atom. The van der Waals surface area contributed by atoms with Crippen molar-refractivity contribution in [3.8, 4) is 0 Å². The summed E-state index contributed by atoms with van der Waals surface area (Å²) in [5, 5.41) is 2.95. The molecule has 1 heterocycles. The van der Waals surface area contributed by atoms with Gasteiger partial charge in [-0.3, -0.25) is 4.79 Å². The van der Waals surface area contributed by atoms with Gasteiger partial charge < -0.3 is 5.32 Å². The molecule has 1 spiro atoms. The van der Waals surface area contributed by atoms with Gasteiger partial charge in [0.2, 0.25) is 5.91 Å². The number of amides is 1. The van der Waals surface area contributed by atoms with Crippen molar-refractivity contribution in [1.82, 2.24) is 0 Å². The van der Waals surface area contributed by atoms with Gasteiger partial charge in [0.05, 0.1) is 5.41 Å². The van der Waals surface area contributed by atoms with E-state index in [2.05, 4.69) is 23.7 Å². The first-order valence-corrected chi connectivity index (χ1v) is 5.99. The first-order valence-electron chi connectivity index (χ1n) is 4.76. The normalized spacial score (nSPS) is 20.8. The smallest absolute Gasteiger partial charge is 0.235 e. The van der Waals surface area contributed by atoms with Crippen LogP contribution in [0.2, 0.25) is 0 Å². The molecule has 0 atom stereocenters. The first kappa shape index (κ1) is 8.36. The lowest BCUT2D eigenvalue weighted by molar-refractivity contribution is -0.117. The largest absolute Gasteiger partial charge is 0.325 e. The van der Waals surface area contributed by atoms with Crippen LogP contribution in [-0.4, -0.2) is 12.2 Å². The van der Waals surface area contributed by atoms with E-state index >= 15 is 0 Å². The van der Waals surface area contributed by atoms with Gasteiger partial charge in [0.1, 0.15) is 0 Å². The maximum atomic E-state index is 11.7. The van der Waals surface area contributed by atoms with Crippen molar-refractivity contribution in [3.63, 3.8) is 0 Å². The molecule has 3 rings (SSSR count). The van der Waals surface area contributed by atoms with Gasteiger partial charge in [0.25, 0.3) is 0 Å². The third kappa shape index (κ3) is 0.906. The molecule has 1 aliphatic heterocycles. The minimum atomic E-state index is -0.138. The van der Waals surface area contributed by atoms with Crippen molar-refractivity contribution < 1.29 is 4.79 Å². The Hall–Kier alpha value is -0.960. The predicted octanol–water partition coefficient (Wildman–Crippen LogP) is 2.39. The summed E-state index contributed by atoms with van der Waals surface area (Å²) < 4.78 is 0. The van der Waals surface area contributed by atoms with Crippen molar-refractivity contribution in [2.24, 2.45) is 0 Å². The Labute approximate surface area is 87.1 Å². The second kappa shape index (κ2) is 2.54. The van der Waals surface area contributed by atoms with E-state index in [-0.39, 0.29) is 11.3 Å².